The molecule has 0 aliphatic rings. The standard InChI is InChI=1S/C17H20O/c1-11(2)16-8-14-6-5-13(10-18)7-15(14)9-17(16)12(3)4/h5-12H,1-4H3. The van der Waals surface area contributed by atoms with Gasteiger partial charge in [0.05, 0.1) is 0 Å². The molecule has 0 saturated heterocycles. The summed E-state index contributed by atoms with van der Waals surface area (Å²) in [5, 5.41) is 2.38. The van der Waals surface area contributed by atoms with Crippen molar-refractivity contribution in [2.75, 3.05) is 0 Å². The number of hydrogen-bond acceptors (Lipinski definition) is 1. The first-order chi connectivity index (χ1) is 8.52. The molecule has 0 unspecified atom stereocenters. The highest BCUT2D eigenvalue weighted by atomic mass is 16.1. The van der Waals surface area contributed by atoms with Crippen LogP contribution in [0.25, 0.3) is 10.8 Å². The lowest BCUT2D eigenvalue weighted by molar-refractivity contribution is 0.112. The molecule has 2 aromatic rings. The number of aldehydes is 1. The van der Waals surface area contributed by atoms with Crippen LogP contribution in [-0.2, 0) is 0 Å². The third-order valence-corrected chi connectivity index (χ3v) is 3.45. The Morgan fingerprint density at radius 1 is 0.833 bits per heavy atom. The van der Waals surface area contributed by atoms with E-state index in [-0.39, 0.29) is 0 Å². The molecule has 0 aromatic heterocycles. The molecule has 2 aromatic carbocycles. The fourth-order valence-corrected chi connectivity index (χ4v) is 2.42. The zero-order chi connectivity index (χ0) is 13.3. The number of carbonyl (C=O) groups is 1. The predicted molar refractivity (Wildman–Crippen MR) is 77.5 cm³/mol. The van der Waals surface area contributed by atoms with Crippen LogP contribution in [0.4, 0.5) is 0 Å². The summed E-state index contributed by atoms with van der Waals surface area (Å²) in [6, 6.07) is 10.4. The Kier molecular flexibility index (Phi) is 3.51. The molecule has 0 amide bonds. The second kappa shape index (κ2) is 4.93. The number of fused-ring (bicyclic) bond motifs is 1. The van der Waals surface area contributed by atoms with Gasteiger partial charge in [-0.3, -0.25) is 4.79 Å². The van der Waals surface area contributed by atoms with Gasteiger partial charge in [0.2, 0.25) is 0 Å². The first-order valence-electron chi connectivity index (χ1n) is 6.55. The predicted octanol–water partition coefficient (Wildman–Crippen LogP) is 4.90. The van der Waals surface area contributed by atoms with E-state index in [0.29, 0.717) is 11.8 Å². The molecule has 1 heteroatoms. The van der Waals surface area contributed by atoms with E-state index in [1.165, 1.54) is 16.5 Å². The number of hydrogen-bond donors (Lipinski definition) is 0. The van der Waals surface area contributed by atoms with Crippen LogP contribution in [0.1, 0.15) is 61.0 Å². The van der Waals surface area contributed by atoms with Gasteiger partial charge in [0.1, 0.15) is 6.29 Å². The van der Waals surface area contributed by atoms with Gasteiger partial charge >= 0.3 is 0 Å². The van der Waals surface area contributed by atoms with Crippen LogP contribution in [0.3, 0.4) is 0 Å². The Bertz CT molecular complexity index is 579. The summed E-state index contributed by atoms with van der Waals surface area (Å²) in [6.45, 7) is 8.90. The molecule has 0 bridgehead atoms. The molecule has 94 valence electrons. The molecule has 0 heterocycles. The van der Waals surface area contributed by atoms with Crippen molar-refractivity contribution in [3.8, 4) is 0 Å². The summed E-state index contributed by atoms with van der Waals surface area (Å²) >= 11 is 0. The second-order valence-corrected chi connectivity index (χ2v) is 5.51. The van der Waals surface area contributed by atoms with Crippen molar-refractivity contribution in [2.45, 2.75) is 39.5 Å². The summed E-state index contributed by atoms with van der Waals surface area (Å²) in [4.78, 5) is 10.8. The van der Waals surface area contributed by atoms with Crippen molar-refractivity contribution in [2.24, 2.45) is 0 Å². The van der Waals surface area contributed by atoms with E-state index < -0.39 is 0 Å². The fraction of sp³-hybridized carbons (Fsp3) is 0.353. The van der Waals surface area contributed by atoms with Crippen LogP contribution in [0, 0.1) is 0 Å². The second-order valence-electron chi connectivity index (χ2n) is 5.51. The number of rotatable bonds is 3. The average molecular weight is 240 g/mol. The van der Waals surface area contributed by atoms with Crippen LogP contribution in [0.5, 0.6) is 0 Å². The van der Waals surface area contributed by atoms with Crippen LogP contribution in [0.2, 0.25) is 0 Å². The third-order valence-electron chi connectivity index (χ3n) is 3.45. The molecule has 18 heavy (non-hydrogen) atoms. The SMILES string of the molecule is CC(C)c1cc2ccc(C=O)cc2cc1C(C)C. The highest BCUT2D eigenvalue weighted by Gasteiger charge is 2.11. The van der Waals surface area contributed by atoms with E-state index in [9.17, 15) is 4.79 Å². The molecular formula is C17H20O. The quantitative estimate of drug-likeness (QED) is 0.697. The van der Waals surface area contributed by atoms with Crippen molar-refractivity contribution < 1.29 is 4.79 Å². The van der Waals surface area contributed by atoms with Crippen LogP contribution < -0.4 is 0 Å². The van der Waals surface area contributed by atoms with Gasteiger partial charge in [0.15, 0.2) is 0 Å². The molecule has 0 aliphatic heterocycles. The van der Waals surface area contributed by atoms with Gasteiger partial charge < -0.3 is 0 Å². The lowest BCUT2D eigenvalue weighted by Crippen LogP contribution is -1.99. The number of carbonyl (C=O) groups excluding carboxylic acids is 1. The van der Waals surface area contributed by atoms with Gasteiger partial charge in [0.25, 0.3) is 0 Å². The van der Waals surface area contributed by atoms with Gasteiger partial charge in [-0.1, -0.05) is 52.0 Å². The van der Waals surface area contributed by atoms with Crippen LogP contribution in [-0.4, -0.2) is 6.29 Å². The lowest BCUT2D eigenvalue weighted by atomic mass is 9.88. The van der Waals surface area contributed by atoms with Gasteiger partial charge in [-0.05, 0) is 39.8 Å². The zero-order valence-corrected chi connectivity index (χ0v) is 11.5. The summed E-state index contributed by atoms with van der Waals surface area (Å²) in [5.41, 5.74) is 3.55. The van der Waals surface area contributed by atoms with Gasteiger partial charge in [0, 0.05) is 5.56 Å². The summed E-state index contributed by atoms with van der Waals surface area (Å²) in [7, 11) is 0. The maximum absolute atomic E-state index is 10.8. The van der Waals surface area contributed by atoms with Gasteiger partial charge in [-0.25, -0.2) is 0 Å². The monoisotopic (exact) mass is 240 g/mol. The summed E-state index contributed by atoms with van der Waals surface area (Å²) in [6.07, 6.45) is 0.908. The fourth-order valence-electron chi connectivity index (χ4n) is 2.42. The molecule has 2 rings (SSSR count). The molecule has 0 aliphatic carbocycles. The Hall–Kier alpha value is -1.63. The Morgan fingerprint density at radius 2 is 1.39 bits per heavy atom. The van der Waals surface area contributed by atoms with Crippen LogP contribution >= 0.6 is 0 Å². The van der Waals surface area contributed by atoms with Crippen molar-refractivity contribution in [1.82, 2.24) is 0 Å². The molecule has 0 N–H and O–H groups in total. The van der Waals surface area contributed by atoms with E-state index in [4.69, 9.17) is 0 Å². The maximum Gasteiger partial charge on any atom is 0.150 e. The first-order valence-corrected chi connectivity index (χ1v) is 6.55. The minimum absolute atomic E-state index is 0.506. The normalized spacial score (nSPS) is 11.4. The Balaban J connectivity index is 2.71. The van der Waals surface area contributed by atoms with Gasteiger partial charge in [-0.15, -0.1) is 0 Å². The Morgan fingerprint density at radius 3 is 1.89 bits per heavy atom. The third kappa shape index (κ3) is 2.31. The van der Waals surface area contributed by atoms with Crippen molar-refractivity contribution in [1.29, 1.82) is 0 Å². The minimum atomic E-state index is 0.506. The van der Waals surface area contributed by atoms with Crippen molar-refractivity contribution >= 4 is 17.1 Å². The topological polar surface area (TPSA) is 17.1 Å². The minimum Gasteiger partial charge on any atom is -0.298 e. The summed E-state index contributed by atoms with van der Waals surface area (Å²) in [5.74, 6) is 1.03. The molecule has 0 radical (unpaired) electrons. The molecule has 0 saturated carbocycles. The summed E-state index contributed by atoms with van der Waals surface area (Å²) < 4.78 is 0. The smallest absolute Gasteiger partial charge is 0.150 e. The highest BCUT2D eigenvalue weighted by molar-refractivity contribution is 5.90. The van der Waals surface area contributed by atoms with Crippen LogP contribution in [0.15, 0.2) is 30.3 Å². The van der Waals surface area contributed by atoms with Crippen molar-refractivity contribution in [3.05, 3.63) is 47.0 Å². The lowest BCUT2D eigenvalue weighted by Gasteiger charge is -2.17. The maximum atomic E-state index is 10.8. The Labute approximate surface area is 109 Å². The molecule has 1 nitrogen and oxygen atoms in total. The number of benzene rings is 2. The van der Waals surface area contributed by atoms with E-state index in [0.717, 1.165) is 17.2 Å². The van der Waals surface area contributed by atoms with E-state index >= 15 is 0 Å². The molecule has 0 fully saturated rings. The van der Waals surface area contributed by atoms with E-state index in [1.807, 2.05) is 18.2 Å². The van der Waals surface area contributed by atoms with E-state index in [2.05, 4.69) is 39.8 Å². The zero-order valence-electron chi connectivity index (χ0n) is 11.5. The highest BCUT2D eigenvalue weighted by Crippen LogP contribution is 2.30. The molecule has 0 spiro atoms. The van der Waals surface area contributed by atoms with E-state index in [1.54, 1.807) is 0 Å². The first kappa shape index (κ1) is 12.8. The average Bonchev–Trinajstić information content (AvgIpc) is 2.36. The molecule has 0 atom stereocenters. The van der Waals surface area contributed by atoms with Gasteiger partial charge in [-0.2, -0.15) is 0 Å². The van der Waals surface area contributed by atoms with Crippen molar-refractivity contribution in [3.63, 3.8) is 0 Å². The largest absolute Gasteiger partial charge is 0.298 e. The molecular weight excluding hydrogens is 220 g/mol.